The smallest absolute Gasteiger partial charge is 0.223 e. The first-order valence-corrected chi connectivity index (χ1v) is 9.04. The summed E-state index contributed by atoms with van der Waals surface area (Å²) in [5.41, 5.74) is -0.445. The number of aromatic nitrogens is 2. The molecule has 1 spiro atoms. The van der Waals surface area contributed by atoms with E-state index in [0.29, 0.717) is 32.1 Å². The van der Waals surface area contributed by atoms with Gasteiger partial charge in [-0.15, -0.1) is 0 Å². The van der Waals surface area contributed by atoms with Gasteiger partial charge in [-0.3, -0.25) is 0 Å². The molecule has 1 aromatic heterocycles. The van der Waals surface area contributed by atoms with Crippen molar-refractivity contribution in [3.8, 4) is 0 Å². The topological polar surface area (TPSA) is 84.4 Å². The Morgan fingerprint density at radius 2 is 2.18 bits per heavy atom. The van der Waals surface area contributed by atoms with Gasteiger partial charge in [-0.2, -0.15) is 4.31 Å². The number of hydrogen-bond donors (Lipinski definition) is 1. The number of ether oxygens (including phenoxy) is 1. The second-order valence-electron chi connectivity index (χ2n) is 5.96. The molecule has 2 aliphatic rings. The van der Waals surface area contributed by atoms with Gasteiger partial charge in [-0.25, -0.2) is 22.8 Å². The Hall–Kier alpha value is -1.32. The van der Waals surface area contributed by atoms with E-state index in [1.807, 2.05) is 0 Å². The third kappa shape index (κ3) is 3.36. The van der Waals surface area contributed by atoms with Crippen LogP contribution in [0.25, 0.3) is 0 Å². The van der Waals surface area contributed by atoms with E-state index in [-0.39, 0.29) is 6.04 Å². The summed E-state index contributed by atoms with van der Waals surface area (Å²) >= 11 is 0. The van der Waals surface area contributed by atoms with Crippen LogP contribution in [0.3, 0.4) is 0 Å². The maximum Gasteiger partial charge on any atom is 0.223 e. The average Bonchev–Trinajstić information content (AvgIpc) is 2.83. The van der Waals surface area contributed by atoms with Gasteiger partial charge in [0.1, 0.15) is 0 Å². The molecule has 0 aliphatic carbocycles. The molecule has 1 N–H and O–H groups in total. The Bertz CT molecular complexity index is 639. The first-order chi connectivity index (χ1) is 10.4. The number of hydrogen-bond acceptors (Lipinski definition) is 6. The van der Waals surface area contributed by atoms with Crippen molar-refractivity contribution in [2.24, 2.45) is 0 Å². The standard InChI is InChI=1S/C13H19FN4O3S/c1-22(19,20)18-4-2-3-13(9-18)5-11(8-21-13)17-12-15-6-10(14)7-16-12/h6-7,11H,2-5,8-9H2,1H3,(H,15,16,17)/t11-,13+/m1/s1. The minimum atomic E-state index is -3.20. The van der Waals surface area contributed by atoms with Crippen molar-refractivity contribution in [1.82, 2.24) is 14.3 Å². The summed E-state index contributed by atoms with van der Waals surface area (Å²) in [4.78, 5) is 7.74. The van der Waals surface area contributed by atoms with Gasteiger partial charge in [0.15, 0.2) is 5.82 Å². The van der Waals surface area contributed by atoms with Crippen LogP contribution in [0, 0.1) is 5.82 Å². The molecular formula is C13H19FN4O3S. The van der Waals surface area contributed by atoms with E-state index >= 15 is 0 Å². The molecule has 9 heteroatoms. The number of anilines is 1. The zero-order valence-electron chi connectivity index (χ0n) is 12.3. The molecule has 0 radical (unpaired) electrons. The first kappa shape index (κ1) is 15.6. The highest BCUT2D eigenvalue weighted by atomic mass is 32.2. The summed E-state index contributed by atoms with van der Waals surface area (Å²) in [6.07, 6.45) is 5.73. The summed E-state index contributed by atoms with van der Waals surface area (Å²) in [7, 11) is -3.20. The second-order valence-corrected chi connectivity index (χ2v) is 7.95. The molecule has 7 nitrogen and oxygen atoms in total. The lowest BCUT2D eigenvalue weighted by molar-refractivity contribution is -0.0328. The molecule has 0 bridgehead atoms. The van der Waals surface area contributed by atoms with Crippen molar-refractivity contribution in [1.29, 1.82) is 0 Å². The Balaban J connectivity index is 1.65. The Morgan fingerprint density at radius 3 is 2.86 bits per heavy atom. The molecule has 1 aromatic rings. The first-order valence-electron chi connectivity index (χ1n) is 7.20. The Morgan fingerprint density at radius 1 is 1.45 bits per heavy atom. The van der Waals surface area contributed by atoms with Gasteiger partial charge in [-0.1, -0.05) is 0 Å². The van der Waals surface area contributed by atoms with Crippen LogP contribution in [0.2, 0.25) is 0 Å². The lowest BCUT2D eigenvalue weighted by Crippen LogP contribution is -2.50. The average molecular weight is 330 g/mol. The van der Waals surface area contributed by atoms with Crippen LogP contribution in [0.5, 0.6) is 0 Å². The number of nitrogens with one attached hydrogen (secondary N) is 1. The van der Waals surface area contributed by atoms with Gasteiger partial charge in [0.05, 0.1) is 36.9 Å². The zero-order chi connectivity index (χ0) is 15.8. The molecule has 2 fully saturated rings. The molecule has 3 heterocycles. The minimum absolute atomic E-state index is 0.00929. The highest BCUT2D eigenvalue weighted by molar-refractivity contribution is 7.88. The largest absolute Gasteiger partial charge is 0.371 e. The summed E-state index contributed by atoms with van der Waals surface area (Å²) in [6.45, 7) is 1.38. The molecule has 122 valence electrons. The van der Waals surface area contributed by atoms with Crippen molar-refractivity contribution in [2.45, 2.75) is 30.9 Å². The number of halogens is 1. The van der Waals surface area contributed by atoms with Gasteiger partial charge >= 0.3 is 0 Å². The predicted molar refractivity (Wildman–Crippen MR) is 78.4 cm³/mol. The van der Waals surface area contributed by atoms with Crippen LogP contribution in [0.15, 0.2) is 12.4 Å². The van der Waals surface area contributed by atoms with Gasteiger partial charge in [0, 0.05) is 19.5 Å². The highest BCUT2D eigenvalue weighted by Gasteiger charge is 2.45. The molecular weight excluding hydrogens is 311 g/mol. The molecule has 2 atom stereocenters. The lowest BCUT2D eigenvalue weighted by Gasteiger charge is -2.38. The number of piperidine rings is 1. The minimum Gasteiger partial charge on any atom is -0.371 e. The molecule has 2 saturated heterocycles. The molecule has 3 rings (SSSR count). The van der Waals surface area contributed by atoms with E-state index in [1.54, 1.807) is 0 Å². The molecule has 0 aromatic carbocycles. The van der Waals surface area contributed by atoms with Crippen LogP contribution in [0.4, 0.5) is 10.3 Å². The van der Waals surface area contributed by atoms with Crippen molar-refractivity contribution in [2.75, 3.05) is 31.3 Å². The monoisotopic (exact) mass is 330 g/mol. The second kappa shape index (κ2) is 5.71. The van der Waals surface area contributed by atoms with Gasteiger partial charge < -0.3 is 10.1 Å². The molecule has 2 aliphatic heterocycles. The summed E-state index contributed by atoms with van der Waals surface area (Å²) < 4.78 is 43.7. The number of rotatable bonds is 3. The van der Waals surface area contributed by atoms with Crippen molar-refractivity contribution in [3.05, 3.63) is 18.2 Å². The van der Waals surface area contributed by atoms with Gasteiger partial charge in [-0.05, 0) is 12.8 Å². The van der Waals surface area contributed by atoms with Crippen molar-refractivity contribution < 1.29 is 17.5 Å². The summed E-state index contributed by atoms with van der Waals surface area (Å²) in [6, 6.07) is -0.00929. The fraction of sp³-hybridized carbons (Fsp3) is 0.692. The zero-order valence-corrected chi connectivity index (χ0v) is 13.1. The van der Waals surface area contributed by atoms with E-state index in [2.05, 4.69) is 15.3 Å². The number of nitrogens with zero attached hydrogens (tertiary/aromatic N) is 3. The van der Waals surface area contributed by atoms with Crippen LogP contribution in [-0.2, 0) is 14.8 Å². The van der Waals surface area contributed by atoms with E-state index in [0.717, 1.165) is 25.2 Å². The Kier molecular flexibility index (Phi) is 4.04. The number of sulfonamides is 1. The molecule has 0 amide bonds. The summed E-state index contributed by atoms with van der Waals surface area (Å²) in [5, 5.41) is 3.11. The SMILES string of the molecule is CS(=O)(=O)N1CCC[C@]2(C[C@@H](Nc3ncc(F)cn3)CO2)C1. The molecule has 0 saturated carbocycles. The molecule has 0 unspecified atom stereocenters. The quantitative estimate of drug-likeness (QED) is 0.874. The Labute approximate surface area is 128 Å². The lowest BCUT2D eigenvalue weighted by atomic mass is 9.90. The van der Waals surface area contributed by atoms with Gasteiger partial charge in [0.25, 0.3) is 0 Å². The van der Waals surface area contributed by atoms with Crippen LogP contribution in [0.1, 0.15) is 19.3 Å². The fourth-order valence-electron chi connectivity index (χ4n) is 3.13. The van der Waals surface area contributed by atoms with E-state index in [4.69, 9.17) is 4.74 Å². The maximum absolute atomic E-state index is 12.8. The summed E-state index contributed by atoms with van der Waals surface area (Å²) in [5.74, 6) is -0.136. The highest BCUT2D eigenvalue weighted by Crippen LogP contribution is 2.36. The van der Waals surface area contributed by atoms with E-state index < -0.39 is 21.4 Å². The third-order valence-corrected chi connectivity index (χ3v) is 5.39. The van der Waals surface area contributed by atoms with Crippen LogP contribution < -0.4 is 5.32 Å². The fourth-order valence-corrected chi connectivity index (χ4v) is 4.06. The van der Waals surface area contributed by atoms with Crippen LogP contribution in [-0.4, -0.2) is 60.3 Å². The normalized spacial score (nSPS) is 29.8. The maximum atomic E-state index is 12.8. The van der Waals surface area contributed by atoms with Gasteiger partial charge in [0.2, 0.25) is 16.0 Å². The van der Waals surface area contributed by atoms with Crippen molar-refractivity contribution >= 4 is 16.0 Å². The molecule has 22 heavy (non-hydrogen) atoms. The third-order valence-electron chi connectivity index (χ3n) is 4.14. The predicted octanol–water partition coefficient (Wildman–Crippen LogP) is 0.611. The van der Waals surface area contributed by atoms with E-state index in [1.165, 1.54) is 10.6 Å². The van der Waals surface area contributed by atoms with E-state index in [9.17, 15) is 12.8 Å². The van der Waals surface area contributed by atoms with Crippen molar-refractivity contribution in [3.63, 3.8) is 0 Å². The van der Waals surface area contributed by atoms with Crippen LogP contribution >= 0.6 is 0 Å².